The monoisotopic (exact) mass is 316 g/mol. The topological polar surface area (TPSA) is 50.3 Å². The number of anilines is 1. The molecule has 0 atom stereocenters. The van der Waals surface area contributed by atoms with Gasteiger partial charge in [0.25, 0.3) is 11.8 Å². The largest absolute Gasteiger partial charge is 0.268 e. The highest BCUT2D eigenvalue weighted by molar-refractivity contribution is 9.10. The first-order chi connectivity index (χ1) is 9.09. The van der Waals surface area contributed by atoms with Crippen LogP contribution >= 0.6 is 15.9 Å². The number of carbonyl (C=O) groups excluding carboxylic acids is 2. The van der Waals surface area contributed by atoms with Crippen LogP contribution in [0.5, 0.6) is 0 Å². The highest BCUT2D eigenvalue weighted by Gasteiger charge is 2.37. The molecule has 19 heavy (non-hydrogen) atoms. The van der Waals surface area contributed by atoms with Gasteiger partial charge >= 0.3 is 0 Å². The SMILES string of the molecule is Cc1cc(N2C(=O)c3ccccc3C2=O)ncc1Br. The molecule has 94 valence electrons. The van der Waals surface area contributed by atoms with Gasteiger partial charge in [0.05, 0.1) is 11.1 Å². The van der Waals surface area contributed by atoms with E-state index < -0.39 is 0 Å². The van der Waals surface area contributed by atoms with E-state index in [9.17, 15) is 9.59 Å². The number of aryl methyl sites for hydroxylation is 1. The van der Waals surface area contributed by atoms with Gasteiger partial charge < -0.3 is 0 Å². The van der Waals surface area contributed by atoms with E-state index in [0.29, 0.717) is 16.9 Å². The third-order valence-electron chi connectivity index (χ3n) is 3.06. The molecule has 0 radical (unpaired) electrons. The maximum atomic E-state index is 12.3. The normalized spacial score (nSPS) is 13.9. The highest BCUT2D eigenvalue weighted by Crippen LogP contribution is 2.28. The summed E-state index contributed by atoms with van der Waals surface area (Å²) in [6.45, 7) is 1.88. The lowest BCUT2D eigenvalue weighted by molar-refractivity contribution is 0.0925. The molecule has 3 rings (SSSR count). The van der Waals surface area contributed by atoms with Gasteiger partial charge in [-0.3, -0.25) is 9.59 Å². The molecule has 0 fully saturated rings. The zero-order chi connectivity index (χ0) is 13.6. The Morgan fingerprint density at radius 3 is 2.21 bits per heavy atom. The van der Waals surface area contributed by atoms with Crippen LogP contribution in [0.15, 0.2) is 41.0 Å². The molecule has 0 saturated heterocycles. The van der Waals surface area contributed by atoms with Gasteiger partial charge in [-0.25, -0.2) is 9.88 Å². The molecule has 0 spiro atoms. The Morgan fingerprint density at radius 1 is 1.11 bits per heavy atom. The highest BCUT2D eigenvalue weighted by atomic mass is 79.9. The second-order valence-corrected chi connectivity index (χ2v) is 5.14. The van der Waals surface area contributed by atoms with Crippen LogP contribution in [0.3, 0.4) is 0 Å². The third kappa shape index (κ3) is 1.77. The van der Waals surface area contributed by atoms with E-state index in [1.54, 1.807) is 36.5 Å². The number of pyridine rings is 1. The molecular weight excluding hydrogens is 308 g/mol. The number of nitrogens with zero attached hydrogens (tertiary/aromatic N) is 2. The molecule has 0 saturated carbocycles. The maximum absolute atomic E-state index is 12.3. The predicted octanol–water partition coefficient (Wildman–Crippen LogP) is 2.95. The fourth-order valence-electron chi connectivity index (χ4n) is 2.04. The van der Waals surface area contributed by atoms with Crippen LogP contribution < -0.4 is 4.90 Å². The van der Waals surface area contributed by atoms with E-state index in [2.05, 4.69) is 20.9 Å². The summed E-state index contributed by atoms with van der Waals surface area (Å²) in [7, 11) is 0. The van der Waals surface area contributed by atoms with Gasteiger partial charge in [0.15, 0.2) is 0 Å². The lowest BCUT2D eigenvalue weighted by Gasteiger charge is -2.13. The minimum absolute atomic E-state index is 0.324. The minimum atomic E-state index is -0.324. The molecule has 0 N–H and O–H groups in total. The Morgan fingerprint density at radius 2 is 1.68 bits per heavy atom. The first-order valence-corrected chi connectivity index (χ1v) is 6.49. The Balaban J connectivity index is 2.11. The number of halogens is 1. The number of rotatable bonds is 1. The standard InChI is InChI=1S/C14H9BrN2O2/c1-8-6-12(16-7-11(8)15)17-13(18)9-4-2-3-5-10(9)14(17)19/h2-7H,1H3. The minimum Gasteiger partial charge on any atom is -0.268 e. The molecule has 1 aliphatic heterocycles. The van der Waals surface area contributed by atoms with Crippen LogP contribution in [0.4, 0.5) is 5.82 Å². The number of hydrogen-bond donors (Lipinski definition) is 0. The molecule has 2 heterocycles. The molecule has 0 bridgehead atoms. The zero-order valence-corrected chi connectivity index (χ0v) is 11.6. The summed E-state index contributed by atoms with van der Waals surface area (Å²) in [5.41, 5.74) is 1.77. The van der Waals surface area contributed by atoms with Crippen LogP contribution in [0, 0.1) is 6.92 Å². The summed E-state index contributed by atoms with van der Waals surface area (Å²) in [6.07, 6.45) is 1.59. The Hall–Kier alpha value is -2.01. The molecule has 5 heteroatoms. The van der Waals surface area contributed by atoms with Crippen LogP contribution in [-0.4, -0.2) is 16.8 Å². The smallest absolute Gasteiger partial charge is 0.267 e. The van der Waals surface area contributed by atoms with Crippen molar-refractivity contribution in [1.29, 1.82) is 0 Å². The molecule has 1 aromatic carbocycles. The maximum Gasteiger partial charge on any atom is 0.267 e. The summed E-state index contributed by atoms with van der Waals surface area (Å²) in [6, 6.07) is 8.51. The Labute approximate surface area is 118 Å². The van der Waals surface area contributed by atoms with Gasteiger partial charge in [-0.15, -0.1) is 0 Å². The van der Waals surface area contributed by atoms with Gasteiger partial charge in [-0.2, -0.15) is 0 Å². The van der Waals surface area contributed by atoms with Gasteiger partial charge in [0.1, 0.15) is 5.82 Å². The van der Waals surface area contributed by atoms with Crippen molar-refractivity contribution in [3.05, 3.63) is 57.7 Å². The molecule has 0 aliphatic carbocycles. The van der Waals surface area contributed by atoms with Gasteiger partial charge in [0.2, 0.25) is 0 Å². The number of imide groups is 1. The molecule has 1 aliphatic rings. The average molecular weight is 317 g/mol. The van der Waals surface area contributed by atoms with Crippen molar-refractivity contribution in [3.63, 3.8) is 0 Å². The first-order valence-electron chi connectivity index (χ1n) is 5.69. The van der Waals surface area contributed by atoms with Crippen molar-refractivity contribution >= 4 is 33.6 Å². The molecule has 0 unspecified atom stereocenters. The number of fused-ring (bicyclic) bond motifs is 1. The van der Waals surface area contributed by atoms with E-state index in [1.165, 1.54) is 0 Å². The number of carbonyl (C=O) groups is 2. The second-order valence-electron chi connectivity index (χ2n) is 4.28. The van der Waals surface area contributed by atoms with E-state index in [1.807, 2.05) is 6.92 Å². The Kier molecular flexibility index (Phi) is 2.71. The van der Waals surface area contributed by atoms with Crippen molar-refractivity contribution in [2.75, 3.05) is 4.90 Å². The molecular formula is C14H9BrN2O2. The van der Waals surface area contributed by atoms with Crippen LogP contribution in [0.25, 0.3) is 0 Å². The second kappa shape index (κ2) is 4.28. The van der Waals surface area contributed by atoms with E-state index in [-0.39, 0.29) is 11.8 Å². The summed E-state index contributed by atoms with van der Waals surface area (Å²) in [5, 5.41) is 0. The van der Waals surface area contributed by atoms with Crippen LogP contribution in [-0.2, 0) is 0 Å². The van der Waals surface area contributed by atoms with Crippen LogP contribution in [0.2, 0.25) is 0 Å². The lowest BCUT2D eigenvalue weighted by atomic mass is 10.1. The number of hydrogen-bond acceptors (Lipinski definition) is 3. The summed E-state index contributed by atoms with van der Waals surface area (Å²) in [5.74, 6) is -0.295. The van der Waals surface area contributed by atoms with Gasteiger partial charge in [-0.05, 0) is 46.6 Å². The fourth-order valence-corrected chi connectivity index (χ4v) is 2.26. The molecule has 1 aromatic heterocycles. The van der Waals surface area contributed by atoms with E-state index >= 15 is 0 Å². The van der Waals surface area contributed by atoms with Crippen molar-refractivity contribution < 1.29 is 9.59 Å². The molecule has 2 aromatic rings. The molecule has 2 amide bonds. The van der Waals surface area contributed by atoms with Gasteiger partial charge in [-0.1, -0.05) is 12.1 Å². The van der Waals surface area contributed by atoms with Crippen LogP contribution in [0.1, 0.15) is 26.3 Å². The quantitative estimate of drug-likeness (QED) is 0.760. The molecule has 4 nitrogen and oxygen atoms in total. The van der Waals surface area contributed by atoms with E-state index in [0.717, 1.165) is 14.9 Å². The summed E-state index contributed by atoms with van der Waals surface area (Å²) < 4.78 is 0.841. The van der Waals surface area contributed by atoms with Crippen molar-refractivity contribution in [2.45, 2.75) is 6.92 Å². The lowest BCUT2D eigenvalue weighted by Crippen LogP contribution is -2.30. The zero-order valence-electron chi connectivity index (χ0n) is 10.1. The van der Waals surface area contributed by atoms with Gasteiger partial charge in [0, 0.05) is 10.7 Å². The Bertz CT molecular complexity index is 677. The number of aromatic nitrogens is 1. The third-order valence-corrected chi connectivity index (χ3v) is 3.89. The predicted molar refractivity (Wildman–Crippen MR) is 74.3 cm³/mol. The summed E-state index contributed by atoms with van der Waals surface area (Å²) in [4.78, 5) is 29.8. The first kappa shape index (κ1) is 12.0. The van der Waals surface area contributed by atoms with Crippen molar-refractivity contribution in [2.24, 2.45) is 0 Å². The van der Waals surface area contributed by atoms with Crippen molar-refractivity contribution in [1.82, 2.24) is 4.98 Å². The summed E-state index contributed by atoms with van der Waals surface area (Å²) >= 11 is 3.35. The fraction of sp³-hybridized carbons (Fsp3) is 0.0714. The number of amides is 2. The average Bonchev–Trinajstić information content (AvgIpc) is 2.66. The number of benzene rings is 1. The van der Waals surface area contributed by atoms with Crippen molar-refractivity contribution in [3.8, 4) is 0 Å². The van der Waals surface area contributed by atoms with E-state index in [4.69, 9.17) is 0 Å².